The average Bonchev–Trinajstić information content (AvgIpc) is 2.53. The van der Waals surface area contributed by atoms with Crippen molar-refractivity contribution in [2.75, 3.05) is 0 Å². The van der Waals surface area contributed by atoms with E-state index in [1.807, 2.05) is 0 Å². The largest absolute Gasteiger partial charge is 0.478 e. The lowest BCUT2D eigenvalue weighted by molar-refractivity contribution is -0.126. The van der Waals surface area contributed by atoms with E-state index in [0.717, 1.165) is 32.1 Å². The van der Waals surface area contributed by atoms with Crippen LogP contribution >= 0.6 is 0 Å². The fourth-order valence-corrected chi connectivity index (χ4v) is 2.52. The number of rotatable bonds is 3. The molecule has 2 amide bonds. The van der Waals surface area contributed by atoms with Crippen LogP contribution in [-0.2, 0) is 4.79 Å². The third-order valence-corrected chi connectivity index (χ3v) is 3.68. The van der Waals surface area contributed by atoms with Crippen LogP contribution in [0.4, 0.5) is 0 Å². The molecule has 0 aromatic heterocycles. The number of aromatic carboxylic acids is 1. The van der Waals surface area contributed by atoms with Crippen molar-refractivity contribution >= 4 is 17.8 Å². The summed E-state index contributed by atoms with van der Waals surface area (Å²) in [6.45, 7) is 0. The number of hydrazine groups is 1. The van der Waals surface area contributed by atoms with Gasteiger partial charge in [0.1, 0.15) is 0 Å². The Kier molecular flexibility index (Phi) is 4.92. The maximum atomic E-state index is 12.0. The zero-order valence-electron chi connectivity index (χ0n) is 11.6. The van der Waals surface area contributed by atoms with Gasteiger partial charge in [0.2, 0.25) is 5.91 Å². The van der Waals surface area contributed by atoms with E-state index < -0.39 is 11.9 Å². The summed E-state index contributed by atoms with van der Waals surface area (Å²) in [7, 11) is 0. The van der Waals surface area contributed by atoms with Crippen LogP contribution in [0, 0.1) is 5.92 Å². The molecule has 2 rings (SSSR count). The van der Waals surface area contributed by atoms with E-state index in [1.54, 1.807) is 12.1 Å². The molecule has 112 valence electrons. The van der Waals surface area contributed by atoms with Crippen molar-refractivity contribution in [3.8, 4) is 0 Å². The summed E-state index contributed by atoms with van der Waals surface area (Å²) in [6, 6.07) is 5.87. The Hall–Kier alpha value is -2.37. The number of carbonyl (C=O) groups is 3. The number of benzene rings is 1. The minimum atomic E-state index is -1.18. The molecule has 0 bridgehead atoms. The quantitative estimate of drug-likeness (QED) is 0.739. The predicted octanol–water partition coefficient (Wildman–Crippen LogP) is 1.73. The topological polar surface area (TPSA) is 95.5 Å². The van der Waals surface area contributed by atoms with Crippen LogP contribution in [0.15, 0.2) is 24.3 Å². The molecule has 6 nitrogen and oxygen atoms in total. The fourth-order valence-electron chi connectivity index (χ4n) is 2.52. The van der Waals surface area contributed by atoms with E-state index >= 15 is 0 Å². The van der Waals surface area contributed by atoms with E-state index in [1.165, 1.54) is 12.1 Å². The molecule has 0 radical (unpaired) electrons. The summed E-state index contributed by atoms with van der Waals surface area (Å²) in [6.07, 6.45) is 4.84. The first-order valence-electron chi connectivity index (χ1n) is 7.02. The van der Waals surface area contributed by atoms with Gasteiger partial charge in [0, 0.05) is 5.92 Å². The Morgan fingerprint density at radius 2 is 1.57 bits per heavy atom. The summed E-state index contributed by atoms with van der Waals surface area (Å²) in [5, 5.41) is 9.03. The Morgan fingerprint density at radius 1 is 0.952 bits per heavy atom. The van der Waals surface area contributed by atoms with E-state index in [0.29, 0.717) is 0 Å². The first kappa shape index (κ1) is 15.0. The molecule has 6 heteroatoms. The number of carboxylic acids is 1. The van der Waals surface area contributed by atoms with Gasteiger partial charge in [-0.25, -0.2) is 4.79 Å². The van der Waals surface area contributed by atoms with Crippen molar-refractivity contribution in [1.29, 1.82) is 0 Å². The van der Waals surface area contributed by atoms with Gasteiger partial charge in [-0.1, -0.05) is 31.4 Å². The average molecular weight is 290 g/mol. The van der Waals surface area contributed by atoms with Crippen LogP contribution in [-0.4, -0.2) is 22.9 Å². The van der Waals surface area contributed by atoms with Crippen molar-refractivity contribution < 1.29 is 19.5 Å². The number of hydrogen-bond acceptors (Lipinski definition) is 3. The second-order valence-electron chi connectivity index (χ2n) is 5.13. The minimum absolute atomic E-state index is 0.0222. The van der Waals surface area contributed by atoms with Crippen molar-refractivity contribution in [2.45, 2.75) is 32.1 Å². The van der Waals surface area contributed by atoms with Crippen LogP contribution < -0.4 is 10.9 Å². The first-order valence-corrected chi connectivity index (χ1v) is 7.02. The van der Waals surface area contributed by atoms with Gasteiger partial charge in [-0.15, -0.1) is 0 Å². The van der Waals surface area contributed by atoms with Crippen LogP contribution in [0.25, 0.3) is 0 Å². The smallest absolute Gasteiger partial charge is 0.336 e. The Bertz CT molecular complexity index is 550. The highest BCUT2D eigenvalue weighted by Gasteiger charge is 2.22. The fraction of sp³-hybridized carbons (Fsp3) is 0.400. The molecule has 21 heavy (non-hydrogen) atoms. The molecule has 1 aliphatic carbocycles. The van der Waals surface area contributed by atoms with Gasteiger partial charge >= 0.3 is 5.97 Å². The van der Waals surface area contributed by atoms with Crippen LogP contribution in [0.3, 0.4) is 0 Å². The Labute approximate surface area is 122 Å². The lowest BCUT2D eigenvalue weighted by Crippen LogP contribution is -2.45. The maximum Gasteiger partial charge on any atom is 0.336 e. The van der Waals surface area contributed by atoms with Crippen LogP contribution in [0.1, 0.15) is 52.8 Å². The lowest BCUT2D eigenvalue weighted by Gasteiger charge is -2.20. The minimum Gasteiger partial charge on any atom is -0.478 e. The van der Waals surface area contributed by atoms with Crippen LogP contribution in [0.2, 0.25) is 0 Å². The molecule has 0 heterocycles. The van der Waals surface area contributed by atoms with Gasteiger partial charge in [-0.05, 0) is 25.0 Å². The molecule has 1 fully saturated rings. The monoisotopic (exact) mass is 290 g/mol. The van der Waals surface area contributed by atoms with Gasteiger partial charge in [-0.2, -0.15) is 0 Å². The SMILES string of the molecule is O=C(O)c1ccccc1C(=O)NNC(=O)C1CCCCC1. The number of hydrogen-bond donors (Lipinski definition) is 3. The highest BCUT2D eigenvalue weighted by Crippen LogP contribution is 2.23. The molecule has 1 aliphatic rings. The Morgan fingerprint density at radius 3 is 2.19 bits per heavy atom. The molecular formula is C15H18N2O4. The van der Waals surface area contributed by atoms with Crippen LogP contribution in [0.5, 0.6) is 0 Å². The van der Waals surface area contributed by atoms with Crippen molar-refractivity contribution in [1.82, 2.24) is 10.9 Å². The van der Waals surface area contributed by atoms with Gasteiger partial charge in [0.15, 0.2) is 0 Å². The highest BCUT2D eigenvalue weighted by atomic mass is 16.4. The molecule has 0 unspecified atom stereocenters. The number of amides is 2. The third kappa shape index (κ3) is 3.81. The second-order valence-corrected chi connectivity index (χ2v) is 5.13. The number of carboxylic acid groups (broad SMARTS) is 1. The standard InChI is InChI=1S/C15H18N2O4/c18-13(10-6-2-1-3-7-10)16-17-14(19)11-8-4-5-9-12(11)15(20)21/h4-5,8-10H,1-3,6-7H2,(H,16,18)(H,17,19)(H,20,21). The normalized spacial score (nSPS) is 15.2. The van der Waals surface area contributed by atoms with Crippen molar-refractivity contribution in [2.24, 2.45) is 5.92 Å². The van der Waals surface area contributed by atoms with Gasteiger partial charge in [-0.3, -0.25) is 20.4 Å². The molecule has 0 atom stereocenters. The molecule has 0 aliphatic heterocycles. The summed E-state index contributed by atoms with van der Waals surface area (Å²) in [4.78, 5) is 34.9. The summed E-state index contributed by atoms with van der Waals surface area (Å²) < 4.78 is 0. The summed E-state index contributed by atoms with van der Waals surface area (Å²) in [5.74, 6) is -2.10. The van der Waals surface area contributed by atoms with Crippen molar-refractivity contribution in [3.05, 3.63) is 35.4 Å². The zero-order chi connectivity index (χ0) is 15.2. The van der Waals surface area contributed by atoms with Gasteiger partial charge in [0.25, 0.3) is 5.91 Å². The zero-order valence-corrected chi connectivity index (χ0v) is 11.6. The van der Waals surface area contributed by atoms with Gasteiger partial charge in [0.05, 0.1) is 11.1 Å². The summed E-state index contributed by atoms with van der Waals surface area (Å²) >= 11 is 0. The first-order chi connectivity index (χ1) is 10.1. The predicted molar refractivity (Wildman–Crippen MR) is 75.6 cm³/mol. The van der Waals surface area contributed by atoms with E-state index in [9.17, 15) is 14.4 Å². The molecule has 1 saturated carbocycles. The van der Waals surface area contributed by atoms with Crippen molar-refractivity contribution in [3.63, 3.8) is 0 Å². The Balaban J connectivity index is 1.95. The van der Waals surface area contributed by atoms with Gasteiger partial charge < -0.3 is 5.11 Å². The number of carbonyl (C=O) groups excluding carboxylic acids is 2. The summed E-state index contributed by atoms with van der Waals surface area (Å²) in [5.41, 5.74) is 4.60. The lowest BCUT2D eigenvalue weighted by atomic mass is 9.89. The molecule has 0 saturated heterocycles. The molecule has 1 aromatic carbocycles. The van der Waals surface area contributed by atoms with E-state index in [4.69, 9.17) is 5.11 Å². The van der Waals surface area contributed by atoms with E-state index in [-0.39, 0.29) is 23.0 Å². The second kappa shape index (κ2) is 6.88. The number of nitrogens with one attached hydrogen (secondary N) is 2. The molecule has 3 N–H and O–H groups in total. The molecule has 1 aromatic rings. The maximum absolute atomic E-state index is 12.0. The van der Waals surface area contributed by atoms with E-state index in [2.05, 4.69) is 10.9 Å². The third-order valence-electron chi connectivity index (χ3n) is 3.68. The molecule has 0 spiro atoms. The highest BCUT2D eigenvalue weighted by molar-refractivity contribution is 6.05. The molecular weight excluding hydrogens is 272 g/mol.